The Balaban J connectivity index is 0.000000192. The van der Waals surface area contributed by atoms with Gasteiger partial charge in [-0.05, 0) is 0 Å². The number of fused-ring (bicyclic) bond motifs is 3. The molecule has 0 saturated carbocycles. The number of benzene rings is 4. The van der Waals surface area contributed by atoms with Gasteiger partial charge in [-0.15, -0.1) is 39.7 Å². The van der Waals surface area contributed by atoms with Gasteiger partial charge in [0.1, 0.15) is 0 Å². The van der Waals surface area contributed by atoms with Gasteiger partial charge in [0.2, 0.25) is 0 Å². The van der Waals surface area contributed by atoms with Crippen molar-refractivity contribution < 1.29 is 48.7 Å². The van der Waals surface area contributed by atoms with Crippen molar-refractivity contribution >= 4 is 24.8 Å². The zero-order valence-electron chi connectivity index (χ0n) is 19.5. The number of halogens is 2. The Morgan fingerprint density at radius 3 is 1.37 bits per heavy atom. The summed E-state index contributed by atoms with van der Waals surface area (Å²) in [5.41, 5.74) is 4.05. The van der Waals surface area contributed by atoms with Crippen LogP contribution in [-0.2, 0) is 23.9 Å². The molecule has 0 N–H and O–H groups in total. The maximum absolute atomic E-state index is 2.24. The van der Waals surface area contributed by atoms with Crippen LogP contribution in [0.2, 0.25) is 0 Å². The molecule has 35 heavy (non-hydrogen) atoms. The summed E-state index contributed by atoms with van der Waals surface area (Å²) in [6.45, 7) is 2.08. The van der Waals surface area contributed by atoms with Gasteiger partial charge in [-0.3, -0.25) is 0 Å². The number of aryl methyl sites for hydroxylation is 1. The van der Waals surface area contributed by atoms with Crippen LogP contribution in [0.25, 0.3) is 21.5 Å². The van der Waals surface area contributed by atoms with Crippen LogP contribution in [0.5, 0.6) is 0 Å². The fraction of sp³-hybridized carbons (Fsp3) is 0.0312. The molecule has 0 aromatic heterocycles. The van der Waals surface area contributed by atoms with Crippen LogP contribution in [0.1, 0.15) is 16.7 Å². The second-order valence-electron chi connectivity index (χ2n) is 7.89. The van der Waals surface area contributed by atoms with Gasteiger partial charge in [-0.2, -0.15) is 18.2 Å². The van der Waals surface area contributed by atoms with Crippen LogP contribution in [0.3, 0.4) is 0 Å². The van der Waals surface area contributed by atoms with Crippen molar-refractivity contribution in [3.63, 3.8) is 0 Å². The van der Waals surface area contributed by atoms with Crippen molar-refractivity contribution in [2.75, 3.05) is 0 Å². The van der Waals surface area contributed by atoms with Crippen LogP contribution in [0, 0.1) is 6.92 Å². The summed E-state index contributed by atoms with van der Waals surface area (Å²) >= 11 is 1.08. The largest absolute Gasteiger partial charge is 0.126 e. The van der Waals surface area contributed by atoms with Crippen molar-refractivity contribution in [1.82, 2.24) is 0 Å². The van der Waals surface area contributed by atoms with E-state index in [-0.39, 0.29) is 24.8 Å². The Morgan fingerprint density at radius 1 is 0.571 bits per heavy atom. The minimum Gasteiger partial charge on any atom is -0.126 e. The quantitative estimate of drug-likeness (QED) is 0.198. The summed E-state index contributed by atoms with van der Waals surface area (Å²) in [4.78, 5) is 0. The van der Waals surface area contributed by atoms with Gasteiger partial charge < -0.3 is 24.8 Å². The normalized spacial score (nSPS) is 9.57. The Morgan fingerprint density at radius 2 is 1.00 bits per heavy atom. The van der Waals surface area contributed by atoms with Crippen molar-refractivity contribution in [2.45, 2.75) is 6.92 Å². The molecule has 0 radical (unpaired) electrons. The van der Waals surface area contributed by atoms with Gasteiger partial charge in [0.25, 0.3) is 0 Å². The number of rotatable bonds is 2. The third kappa shape index (κ3) is 7.97. The van der Waals surface area contributed by atoms with Gasteiger partial charge in [-0.25, -0.2) is 11.6 Å². The molecule has 6 aromatic carbocycles. The Hall–Kier alpha value is -2.58. The van der Waals surface area contributed by atoms with E-state index in [0.29, 0.717) is 0 Å². The maximum Gasteiger partial charge on any atom is -0.0771 e. The number of hydrogen-bond donors (Lipinski definition) is 0. The molecule has 3 heteroatoms. The number of hydrogen-bond acceptors (Lipinski definition) is 0. The summed E-state index contributed by atoms with van der Waals surface area (Å²) in [6.07, 6.45) is 0. The molecular weight excluding hydrogens is 634 g/mol. The van der Waals surface area contributed by atoms with E-state index < -0.39 is 0 Å². The fourth-order valence-corrected chi connectivity index (χ4v) is 4.95. The average Bonchev–Trinajstić information content (AvgIpc) is 3.52. The van der Waals surface area contributed by atoms with Crippen molar-refractivity contribution in [1.29, 1.82) is 0 Å². The van der Waals surface area contributed by atoms with E-state index in [1.165, 1.54) is 41.5 Å². The Bertz CT molecular complexity index is 1320. The molecule has 0 unspecified atom stereocenters. The first-order chi connectivity index (χ1) is 16.2. The van der Waals surface area contributed by atoms with E-state index in [1.54, 1.807) is 0 Å². The summed E-state index contributed by atoms with van der Waals surface area (Å²) in [7, 11) is 0. The van der Waals surface area contributed by atoms with E-state index in [0.717, 1.165) is 23.9 Å². The van der Waals surface area contributed by atoms with Crippen LogP contribution in [0.4, 0.5) is 0 Å². The van der Waals surface area contributed by atoms with Gasteiger partial charge in [0.15, 0.2) is 0 Å². The second-order valence-corrected chi connectivity index (χ2v) is 9.68. The molecule has 174 valence electrons. The summed E-state index contributed by atoms with van der Waals surface area (Å²) in [5, 5.41) is 5.39. The van der Waals surface area contributed by atoms with E-state index in [1.807, 2.05) is 12.1 Å². The van der Waals surface area contributed by atoms with E-state index in [9.17, 15) is 0 Å². The molecule has 6 rings (SSSR count). The second kappa shape index (κ2) is 14.7. The first-order valence-electron chi connectivity index (χ1n) is 11.1. The molecular formula is C32H26Cl2Hf-2. The molecule has 0 aliphatic rings. The van der Waals surface area contributed by atoms with Gasteiger partial charge in [-0.1, -0.05) is 43.3 Å². The summed E-state index contributed by atoms with van der Waals surface area (Å²) < 4.78 is 1.46. The fourth-order valence-electron chi connectivity index (χ4n) is 3.75. The minimum absolute atomic E-state index is 0. The van der Waals surface area contributed by atoms with E-state index >= 15 is 0 Å². The molecule has 0 nitrogen and oxygen atoms in total. The molecule has 6 aromatic rings. The van der Waals surface area contributed by atoms with E-state index in [4.69, 9.17) is 0 Å². The van der Waals surface area contributed by atoms with E-state index in [2.05, 4.69) is 134 Å². The SMILES string of the molecule is Cc1cc[cH-]c1.[Cl-].[Cl-].[Hf+2]=[C](c1ccccc1)c1ccccc1.c1ccc2c(c1)[cH-]c1ccccc12. The minimum atomic E-state index is 0. The monoisotopic (exact) mass is 660 g/mol. The van der Waals surface area contributed by atoms with Crippen LogP contribution >= 0.6 is 0 Å². The van der Waals surface area contributed by atoms with Crippen LogP contribution in [0.15, 0.2) is 140 Å². The van der Waals surface area contributed by atoms with Crippen molar-refractivity contribution in [3.05, 3.63) is 156 Å². The molecule has 0 atom stereocenters. The average molecular weight is 660 g/mol. The van der Waals surface area contributed by atoms with Gasteiger partial charge in [0.05, 0.1) is 0 Å². The zero-order chi connectivity index (χ0) is 22.9. The Labute approximate surface area is 235 Å². The van der Waals surface area contributed by atoms with Crippen molar-refractivity contribution in [2.24, 2.45) is 0 Å². The molecule has 0 saturated heterocycles. The maximum atomic E-state index is 2.24. The van der Waals surface area contributed by atoms with Crippen LogP contribution in [-0.4, -0.2) is 3.26 Å². The molecule has 0 amide bonds. The summed E-state index contributed by atoms with van der Waals surface area (Å²) in [6, 6.07) is 48.7. The standard InChI is InChI=1S/C13H9.C13H10.C6H7.2ClH.Hf/c1-3-7-12-10(5-1)9-11-6-2-4-8-13(11)12;1-3-7-12(8-4-1)11-13-9-5-2-6-10-13;1-6-4-2-3-5-6;;;/h1-9H;1-10H;2-5H,1H3;2*1H;/q-1;;-1;;;+2/p-2. The third-order valence-electron chi connectivity index (χ3n) is 5.48. The molecule has 0 aliphatic heterocycles. The first kappa shape index (κ1) is 28.7. The molecule has 0 aliphatic carbocycles. The molecule has 0 fully saturated rings. The van der Waals surface area contributed by atoms with Crippen molar-refractivity contribution in [3.8, 4) is 0 Å². The molecule has 0 spiro atoms. The predicted molar refractivity (Wildman–Crippen MR) is 140 cm³/mol. The van der Waals surface area contributed by atoms with Gasteiger partial charge in [0, 0.05) is 0 Å². The topological polar surface area (TPSA) is 0 Å². The molecule has 0 bridgehead atoms. The molecule has 0 heterocycles. The third-order valence-corrected chi connectivity index (χ3v) is 7.55. The smallest absolute Gasteiger partial charge is 0.0771 e. The zero-order valence-corrected chi connectivity index (χ0v) is 24.6. The summed E-state index contributed by atoms with van der Waals surface area (Å²) in [5.74, 6) is 0. The Kier molecular flexibility index (Phi) is 12.1. The van der Waals surface area contributed by atoms with Gasteiger partial charge >= 0.3 is 98.9 Å². The van der Waals surface area contributed by atoms with Crippen LogP contribution < -0.4 is 24.8 Å². The predicted octanol–water partition coefficient (Wildman–Crippen LogP) is 2.24. The first-order valence-corrected chi connectivity index (χ1v) is 12.9.